The summed E-state index contributed by atoms with van der Waals surface area (Å²) < 4.78 is 1.33. The van der Waals surface area contributed by atoms with E-state index in [9.17, 15) is 9.59 Å². The summed E-state index contributed by atoms with van der Waals surface area (Å²) in [7, 11) is 0. The van der Waals surface area contributed by atoms with Crippen LogP contribution in [0.4, 0.5) is 5.69 Å². The van der Waals surface area contributed by atoms with Crippen LogP contribution in [-0.4, -0.2) is 46.8 Å². The first-order valence-electron chi connectivity index (χ1n) is 9.48. The van der Waals surface area contributed by atoms with Gasteiger partial charge in [-0.15, -0.1) is 0 Å². The number of piperazine rings is 1. The number of aromatic nitrogens is 2. The maximum atomic E-state index is 12.7. The van der Waals surface area contributed by atoms with Gasteiger partial charge in [0.1, 0.15) is 6.54 Å². The van der Waals surface area contributed by atoms with E-state index in [-0.39, 0.29) is 18.0 Å². The number of nitrogens with zero attached hydrogens (tertiary/aromatic N) is 4. The Labute approximate surface area is 163 Å². The number of amides is 1. The molecule has 1 amide bonds. The van der Waals surface area contributed by atoms with Gasteiger partial charge in [-0.25, -0.2) is 4.68 Å². The number of carbonyl (C=O) groups excluding carboxylic acids is 1. The molecule has 1 saturated heterocycles. The van der Waals surface area contributed by atoms with Gasteiger partial charge in [0.2, 0.25) is 5.91 Å². The molecular weight excluding hydrogens is 364 g/mol. The highest BCUT2D eigenvalue weighted by Crippen LogP contribution is 2.21. The van der Waals surface area contributed by atoms with Crippen molar-refractivity contribution >= 4 is 23.2 Å². The minimum absolute atomic E-state index is 0.0171. The molecule has 1 fully saturated rings. The Bertz CT molecular complexity index is 903. The highest BCUT2D eigenvalue weighted by Gasteiger charge is 2.23. The smallest absolute Gasteiger partial charge is 0.267 e. The average molecular weight is 387 g/mol. The number of hydrogen-bond acceptors (Lipinski definition) is 4. The Morgan fingerprint density at radius 3 is 2.63 bits per heavy atom. The van der Waals surface area contributed by atoms with Crippen molar-refractivity contribution in [3.63, 3.8) is 0 Å². The van der Waals surface area contributed by atoms with E-state index in [0.29, 0.717) is 18.1 Å². The molecule has 7 heteroatoms. The molecule has 27 heavy (non-hydrogen) atoms. The van der Waals surface area contributed by atoms with E-state index in [1.807, 2.05) is 29.2 Å². The minimum Gasteiger partial charge on any atom is -0.368 e. The molecule has 1 aromatic heterocycles. The lowest BCUT2D eigenvalue weighted by Gasteiger charge is -2.36. The molecule has 6 nitrogen and oxygen atoms in total. The summed E-state index contributed by atoms with van der Waals surface area (Å²) in [5.41, 5.74) is 2.91. The van der Waals surface area contributed by atoms with Crippen LogP contribution in [0.5, 0.6) is 0 Å². The second-order valence-electron chi connectivity index (χ2n) is 7.17. The predicted octanol–water partition coefficient (Wildman–Crippen LogP) is 2.12. The van der Waals surface area contributed by atoms with Crippen molar-refractivity contribution in [3.8, 4) is 0 Å². The van der Waals surface area contributed by atoms with E-state index in [1.54, 1.807) is 6.07 Å². The summed E-state index contributed by atoms with van der Waals surface area (Å²) in [6, 6.07) is 9.42. The van der Waals surface area contributed by atoms with Gasteiger partial charge in [-0.3, -0.25) is 9.59 Å². The highest BCUT2D eigenvalue weighted by molar-refractivity contribution is 6.30. The molecule has 0 bridgehead atoms. The van der Waals surface area contributed by atoms with Gasteiger partial charge in [-0.1, -0.05) is 17.7 Å². The normalized spacial score (nSPS) is 16.9. The Morgan fingerprint density at radius 2 is 1.85 bits per heavy atom. The van der Waals surface area contributed by atoms with Crippen molar-refractivity contribution in [2.45, 2.75) is 32.2 Å². The van der Waals surface area contributed by atoms with Gasteiger partial charge in [0.05, 0.1) is 5.69 Å². The zero-order valence-electron chi connectivity index (χ0n) is 15.2. The van der Waals surface area contributed by atoms with Crippen LogP contribution in [0.3, 0.4) is 0 Å². The zero-order valence-corrected chi connectivity index (χ0v) is 16.0. The largest absolute Gasteiger partial charge is 0.368 e. The fourth-order valence-electron chi connectivity index (χ4n) is 3.83. The minimum atomic E-state index is -0.179. The van der Waals surface area contributed by atoms with Crippen LogP contribution in [0.15, 0.2) is 35.1 Å². The SMILES string of the molecule is O=C(Cn1nc2c(cc1=O)CCCC2)N1CCN(c2cccc(Cl)c2)CC1. The van der Waals surface area contributed by atoms with Crippen molar-refractivity contribution in [1.82, 2.24) is 14.7 Å². The van der Waals surface area contributed by atoms with Gasteiger partial charge in [0.25, 0.3) is 5.56 Å². The molecular formula is C20H23ClN4O2. The number of halogens is 1. The summed E-state index contributed by atoms with van der Waals surface area (Å²) in [4.78, 5) is 29.0. The van der Waals surface area contributed by atoms with Crippen molar-refractivity contribution in [2.24, 2.45) is 0 Å². The molecule has 0 atom stereocenters. The molecule has 0 spiro atoms. The van der Waals surface area contributed by atoms with E-state index in [4.69, 9.17) is 11.6 Å². The van der Waals surface area contributed by atoms with Gasteiger partial charge >= 0.3 is 0 Å². The van der Waals surface area contributed by atoms with Gasteiger partial charge in [-0.05, 0) is 49.4 Å². The van der Waals surface area contributed by atoms with E-state index in [2.05, 4.69) is 10.00 Å². The maximum absolute atomic E-state index is 12.7. The molecule has 1 aliphatic carbocycles. The average Bonchev–Trinajstić information content (AvgIpc) is 2.68. The van der Waals surface area contributed by atoms with E-state index in [0.717, 1.165) is 55.7 Å². The van der Waals surface area contributed by atoms with E-state index in [1.165, 1.54) is 4.68 Å². The van der Waals surface area contributed by atoms with Crippen LogP contribution >= 0.6 is 11.6 Å². The lowest BCUT2D eigenvalue weighted by atomic mass is 9.97. The van der Waals surface area contributed by atoms with Gasteiger partial charge in [0.15, 0.2) is 0 Å². The fourth-order valence-corrected chi connectivity index (χ4v) is 4.01. The highest BCUT2D eigenvalue weighted by atomic mass is 35.5. The molecule has 0 N–H and O–H groups in total. The van der Waals surface area contributed by atoms with Crippen LogP contribution in [0.25, 0.3) is 0 Å². The molecule has 0 unspecified atom stereocenters. The van der Waals surface area contributed by atoms with Crippen LogP contribution in [0.2, 0.25) is 5.02 Å². The molecule has 142 valence electrons. The van der Waals surface area contributed by atoms with Crippen LogP contribution in [-0.2, 0) is 24.2 Å². The zero-order chi connectivity index (χ0) is 18.8. The molecule has 0 radical (unpaired) electrons. The van der Waals surface area contributed by atoms with E-state index < -0.39 is 0 Å². The summed E-state index contributed by atoms with van der Waals surface area (Å²) in [6.07, 6.45) is 4.01. The quantitative estimate of drug-likeness (QED) is 0.810. The summed E-state index contributed by atoms with van der Waals surface area (Å²) in [5.74, 6) is -0.0499. The van der Waals surface area contributed by atoms with Crippen molar-refractivity contribution < 1.29 is 4.79 Å². The molecule has 4 rings (SSSR count). The van der Waals surface area contributed by atoms with Crippen LogP contribution in [0.1, 0.15) is 24.1 Å². The lowest BCUT2D eigenvalue weighted by Crippen LogP contribution is -2.50. The number of benzene rings is 1. The summed E-state index contributed by atoms with van der Waals surface area (Å²) >= 11 is 6.07. The molecule has 2 aliphatic rings. The van der Waals surface area contributed by atoms with Gasteiger partial charge < -0.3 is 9.80 Å². The van der Waals surface area contributed by atoms with E-state index >= 15 is 0 Å². The molecule has 1 aliphatic heterocycles. The first kappa shape index (κ1) is 18.0. The Hall–Kier alpha value is -2.34. The third-order valence-electron chi connectivity index (χ3n) is 5.36. The topological polar surface area (TPSA) is 58.4 Å². The predicted molar refractivity (Wildman–Crippen MR) is 105 cm³/mol. The number of anilines is 1. The van der Waals surface area contributed by atoms with Gasteiger partial charge in [-0.2, -0.15) is 5.10 Å². The molecule has 2 aromatic rings. The third kappa shape index (κ3) is 4.00. The van der Waals surface area contributed by atoms with Crippen LogP contribution < -0.4 is 10.5 Å². The van der Waals surface area contributed by atoms with Crippen molar-refractivity contribution in [1.29, 1.82) is 0 Å². The second-order valence-corrected chi connectivity index (χ2v) is 7.60. The molecule has 1 aromatic carbocycles. The number of rotatable bonds is 3. The Morgan fingerprint density at radius 1 is 1.07 bits per heavy atom. The number of hydrogen-bond donors (Lipinski definition) is 0. The van der Waals surface area contributed by atoms with Crippen LogP contribution in [0, 0.1) is 0 Å². The first-order chi connectivity index (χ1) is 13.1. The first-order valence-corrected chi connectivity index (χ1v) is 9.86. The summed E-state index contributed by atoms with van der Waals surface area (Å²) in [6.45, 7) is 2.77. The Balaban J connectivity index is 1.39. The molecule has 0 saturated carbocycles. The lowest BCUT2D eigenvalue weighted by molar-refractivity contribution is -0.132. The van der Waals surface area contributed by atoms with Crippen molar-refractivity contribution in [3.05, 3.63) is 57.0 Å². The van der Waals surface area contributed by atoms with Gasteiger partial charge in [0, 0.05) is 43.0 Å². The number of aryl methyl sites for hydroxylation is 2. The second kappa shape index (κ2) is 7.72. The number of fused-ring (bicyclic) bond motifs is 1. The number of carbonyl (C=O) groups is 1. The fraction of sp³-hybridized carbons (Fsp3) is 0.450. The third-order valence-corrected chi connectivity index (χ3v) is 5.60. The Kier molecular flexibility index (Phi) is 5.16. The van der Waals surface area contributed by atoms with Crippen molar-refractivity contribution in [2.75, 3.05) is 31.1 Å². The molecule has 2 heterocycles. The summed E-state index contributed by atoms with van der Waals surface area (Å²) in [5, 5.41) is 5.16. The monoisotopic (exact) mass is 386 g/mol. The standard InChI is InChI=1S/C20H23ClN4O2/c21-16-5-3-6-17(13-16)23-8-10-24(11-9-23)20(27)14-25-19(26)12-15-4-1-2-7-18(15)22-25/h3,5-6,12-13H,1-2,4,7-11,14H2. The maximum Gasteiger partial charge on any atom is 0.267 e.